The van der Waals surface area contributed by atoms with Gasteiger partial charge in [0.25, 0.3) is 5.56 Å². The lowest BCUT2D eigenvalue weighted by Gasteiger charge is -2.17. The fraction of sp³-hybridized carbons (Fsp3) is 0.389. The van der Waals surface area contributed by atoms with Crippen LogP contribution >= 0.6 is 23.4 Å². The number of carbonyl (C=O) groups excluding carboxylic acids is 1. The zero-order chi connectivity index (χ0) is 17.8. The van der Waals surface area contributed by atoms with Crippen LogP contribution in [0.1, 0.15) is 37.4 Å². The molecule has 1 aromatic heterocycles. The fourth-order valence-electron chi connectivity index (χ4n) is 2.88. The number of aromatic amines is 1. The molecular weight excluding hydrogens is 358 g/mol. The van der Waals surface area contributed by atoms with Crippen molar-refractivity contribution >= 4 is 35.0 Å². The number of hydrogen-bond acceptors (Lipinski definition) is 4. The van der Waals surface area contributed by atoms with Gasteiger partial charge in [0.15, 0.2) is 5.16 Å². The Kier molecular flexibility index (Phi) is 5.81. The molecule has 132 valence electrons. The lowest BCUT2D eigenvalue weighted by atomic mass is 9.97. The molecule has 1 aromatic carbocycles. The standard InChI is InChI=1S/C18H20ClN3O2S/c1-2-15(17(24)20-12-7-5-6-11(19)10-12)25-18-21-14-9-4-3-8-13(14)16(23)22-18/h5-7,10,15H,2-4,8-9H2,1H3,(H,20,24)(H,21,22,23). The van der Waals surface area contributed by atoms with Crippen LogP contribution in [0.15, 0.2) is 34.2 Å². The molecule has 7 heteroatoms. The molecule has 1 atom stereocenters. The first-order valence-electron chi connectivity index (χ1n) is 8.42. The molecule has 2 aromatic rings. The van der Waals surface area contributed by atoms with Gasteiger partial charge in [-0.3, -0.25) is 9.59 Å². The molecule has 5 nitrogen and oxygen atoms in total. The number of halogens is 1. The van der Waals surface area contributed by atoms with Crippen molar-refractivity contribution in [3.8, 4) is 0 Å². The van der Waals surface area contributed by atoms with Gasteiger partial charge in [-0.05, 0) is 50.3 Å². The van der Waals surface area contributed by atoms with Crippen LogP contribution in [0.5, 0.6) is 0 Å². The van der Waals surface area contributed by atoms with Crippen molar-refractivity contribution in [3.05, 3.63) is 50.9 Å². The predicted molar refractivity (Wildman–Crippen MR) is 102 cm³/mol. The second-order valence-corrected chi connectivity index (χ2v) is 7.65. The van der Waals surface area contributed by atoms with Crippen molar-refractivity contribution in [1.82, 2.24) is 9.97 Å². The highest BCUT2D eigenvalue weighted by atomic mass is 35.5. The van der Waals surface area contributed by atoms with Gasteiger partial charge in [-0.15, -0.1) is 0 Å². The molecule has 0 fully saturated rings. The van der Waals surface area contributed by atoms with Gasteiger partial charge >= 0.3 is 0 Å². The Morgan fingerprint density at radius 3 is 2.96 bits per heavy atom. The number of fused-ring (bicyclic) bond motifs is 1. The van der Waals surface area contributed by atoms with E-state index >= 15 is 0 Å². The Balaban J connectivity index is 1.74. The Morgan fingerprint density at radius 2 is 2.20 bits per heavy atom. The summed E-state index contributed by atoms with van der Waals surface area (Å²) in [7, 11) is 0. The summed E-state index contributed by atoms with van der Waals surface area (Å²) >= 11 is 7.25. The molecular formula is C18H20ClN3O2S. The molecule has 1 aliphatic carbocycles. The van der Waals surface area contributed by atoms with Gasteiger partial charge in [-0.1, -0.05) is 36.4 Å². The molecule has 0 saturated heterocycles. The van der Waals surface area contributed by atoms with Gasteiger partial charge in [0.05, 0.1) is 10.9 Å². The van der Waals surface area contributed by atoms with Gasteiger partial charge in [0, 0.05) is 16.3 Å². The molecule has 0 spiro atoms. The molecule has 0 saturated carbocycles. The maximum atomic E-state index is 12.5. The quantitative estimate of drug-likeness (QED) is 0.613. The number of nitrogens with zero attached hydrogens (tertiary/aromatic N) is 1. The van der Waals surface area contributed by atoms with Crippen molar-refractivity contribution in [1.29, 1.82) is 0 Å². The van der Waals surface area contributed by atoms with Crippen molar-refractivity contribution in [2.45, 2.75) is 49.4 Å². The van der Waals surface area contributed by atoms with E-state index in [1.165, 1.54) is 11.8 Å². The molecule has 1 amide bonds. The number of anilines is 1. The normalized spacial score (nSPS) is 14.6. The first-order valence-corrected chi connectivity index (χ1v) is 9.67. The largest absolute Gasteiger partial charge is 0.325 e. The maximum absolute atomic E-state index is 12.5. The number of hydrogen-bond donors (Lipinski definition) is 2. The molecule has 0 aliphatic heterocycles. The fourth-order valence-corrected chi connectivity index (χ4v) is 3.99. The Morgan fingerprint density at radius 1 is 1.40 bits per heavy atom. The van der Waals surface area contributed by atoms with E-state index in [-0.39, 0.29) is 16.7 Å². The number of amides is 1. The van der Waals surface area contributed by atoms with Crippen molar-refractivity contribution < 1.29 is 4.79 Å². The average molecular weight is 378 g/mol. The minimum Gasteiger partial charge on any atom is -0.325 e. The molecule has 0 radical (unpaired) electrons. The van der Waals surface area contributed by atoms with Crippen LogP contribution in [0.2, 0.25) is 5.02 Å². The number of rotatable bonds is 5. The Labute approximate surface area is 155 Å². The summed E-state index contributed by atoms with van der Waals surface area (Å²) in [6.07, 6.45) is 4.33. The first kappa shape index (κ1) is 18.0. The average Bonchev–Trinajstić information content (AvgIpc) is 2.59. The van der Waals surface area contributed by atoms with Gasteiger partial charge in [-0.2, -0.15) is 0 Å². The molecule has 1 aliphatic rings. The number of H-pyrrole nitrogens is 1. The second kappa shape index (κ2) is 8.06. The van der Waals surface area contributed by atoms with E-state index in [1.807, 2.05) is 6.92 Å². The number of carbonyl (C=O) groups is 1. The molecule has 2 N–H and O–H groups in total. The third kappa shape index (κ3) is 4.44. The van der Waals surface area contributed by atoms with Crippen LogP contribution in [-0.4, -0.2) is 21.1 Å². The van der Waals surface area contributed by atoms with E-state index in [0.717, 1.165) is 36.9 Å². The minimum atomic E-state index is -0.344. The third-order valence-electron chi connectivity index (χ3n) is 4.18. The lowest BCUT2D eigenvalue weighted by molar-refractivity contribution is -0.115. The molecule has 1 heterocycles. The molecule has 1 unspecified atom stereocenters. The van der Waals surface area contributed by atoms with Crippen LogP contribution < -0.4 is 10.9 Å². The lowest BCUT2D eigenvalue weighted by Crippen LogP contribution is -2.26. The minimum absolute atomic E-state index is 0.0719. The summed E-state index contributed by atoms with van der Waals surface area (Å²) in [5, 5.41) is 3.60. The zero-order valence-electron chi connectivity index (χ0n) is 14.0. The summed E-state index contributed by atoms with van der Waals surface area (Å²) in [5.74, 6) is -0.130. The highest BCUT2D eigenvalue weighted by molar-refractivity contribution is 8.00. The molecule has 3 rings (SSSR count). The van der Waals surface area contributed by atoms with E-state index < -0.39 is 0 Å². The van der Waals surface area contributed by atoms with Crippen LogP contribution in [0.3, 0.4) is 0 Å². The van der Waals surface area contributed by atoms with Crippen molar-refractivity contribution in [2.75, 3.05) is 5.32 Å². The van der Waals surface area contributed by atoms with Crippen LogP contribution in [0.4, 0.5) is 5.69 Å². The second-order valence-electron chi connectivity index (χ2n) is 6.02. The smallest absolute Gasteiger partial charge is 0.254 e. The summed E-state index contributed by atoms with van der Waals surface area (Å²) in [6, 6.07) is 7.04. The Hall–Kier alpha value is -1.79. The number of nitrogens with one attached hydrogen (secondary N) is 2. The van der Waals surface area contributed by atoms with E-state index in [9.17, 15) is 9.59 Å². The third-order valence-corrected chi connectivity index (χ3v) is 5.66. The van der Waals surface area contributed by atoms with E-state index in [0.29, 0.717) is 22.3 Å². The first-order chi connectivity index (χ1) is 12.1. The highest BCUT2D eigenvalue weighted by Gasteiger charge is 2.22. The maximum Gasteiger partial charge on any atom is 0.254 e. The Bertz CT molecular complexity index is 837. The zero-order valence-corrected chi connectivity index (χ0v) is 15.5. The van der Waals surface area contributed by atoms with Crippen molar-refractivity contribution in [3.63, 3.8) is 0 Å². The monoisotopic (exact) mass is 377 g/mol. The van der Waals surface area contributed by atoms with Gasteiger partial charge in [-0.25, -0.2) is 4.98 Å². The van der Waals surface area contributed by atoms with E-state index in [1.54, 1.807) is 24.3 Å². The molecule has 0 bridgehead atoms. The summed E-state index contributed by atoms with van der Waals surface area (Å²) in [6.45, 7) is 1.94. The topological polar surface area (TPSA) is 74.8 Å². The van der Waals surface area contributed by atoms with Crippen LogP contribution in [0, 0.1) is 0 Å². The number of aryl methyl sites for hydroxylation is 1. The van der Waals surface area contributed by atoms with Crippen molar-refractivity contribution in [2.24, 2.45) is 0 Å². The summed E-state index contributed by atoms with van der Waals surface area (Å²) in [4.78, 5) is 32.2. The number of benzene rings is 1. The van der Waals surface area contributed by atoms with Crippen LogP contribution in [0.25, 0.3) is 0 Å². The van der Waals surface area contributed by atoms with Gasteiger partial charge in [0.2, 0.25) is 5.91 Å². The van der Waals surface area contributed by atoms with Crippen LogP contribution in [-0.2, 0) is 17.6 Å². The number of aromatic nitrogens is 2. The molecule has 25 heavy (non-hydrogen) atoms. The van der Waals surface area contributed by atoms with Gasteiger partial charge in [0.1, 0.15) is 0 Å². The van der Waals surface area contributed by atoms with E-state index in [4.69, 9.17) is 11.6 Å². The van der Waals surface area contributed by atoms with Gasteiger partial charge < -0.3 is 10.3 Å². The SMILES string of the molecule is CCC(Sc1nc2c(c(=O)[nH]1)CCCC2)C(=O)Nc1cccc(Cl)c1. The summed E-state index contributed by atoms with van der Waals surface area (Å²) in [5.41, 5.74) is 2.26. The highest BCUT2D eigenvalue weighted by Crippen LogP contribution is 2.25. The summed E-state index contributed by atoms with van der Waals surface area (Å²) < 4.78 is 0. The van der Waals surface area contributed by atoms with E-state index in [2.05, 4.69) is 15.3 Å². The predicted octanol–water partition coefficient (Wildman–Crippen LogP) is 3.81. The number of thioether (sulfide) groups is 1.